The second kappa shape index (κ2) is 10.6. The number of nitrogens with one attached hydrogen (secondary N) is 2. The fraction of sp³-hybridized carbons (Fsp3) is 0.200. The molecule has 0 spiro atoms. The largest absolute Gasteiger partial charge is 0.490 e. The number of aryl methyl sites for hydroxylation is 1. The molecule has 0 fully saturated rings. The molecule has 2 N–H and O–H groups in total. The molecule has 0 saturated heterocycles. The summed E-state index contributed by atoms with van der Waals surface area (Å²) in [5.74, 6) is 1.85. The van der Waals surface area contributed by atoms with Gasteiger partial charge in [-0.3, -0.25) is 0 Å². The van der Waals surface area contributed by atoms with Gasteiger partial charge in [0.2, 0.25) is 4.77 Å². The molecule has 0 aliphatic carbocycles. The van der Waals surface area contributed by atoms with Crippen molar-refractivity contribution in [3.05, 3.63) is 93.2 Å². The molecule has 8 heteroatoms. The van der Waals surface area contributed by atoms with Gasteiger partial charge in [-0.05, 0) is 54.9 Å². The fourth-order valence-electron chi connectivity index (χ4n) is 3.44. The van der Waals surface area contributed by atoms with Crippen LogP contribution in [0.25, 0.3) is 11.4 Å². The van der Waals surface area contributed by atoms with Gasteiger partial charge < -0.3 is 14.9 Å². The molecule has 0 aliphatic rings. The van der Waals surface area contributed by atoms with E-state index in [2.05, 4.69) is 28.6 Å². The van der Waals surface area contributed by atoms with Crippen LogP contribution in [0.15, 0.2) is 66.7 Å². The Bertz CT molecular complexity index is 1290. The van der Waals surface area contributed by atoms with Crippen molar-refractivity contribution in [3.8, 4) is 22.9 Å². The lowest BCUT2D eigenvalue weighted by Crippen LogP contribution is -2.16. The normalized spacial score (nSPS) is 10.8. The predicted molar refractivity (Wildman–Crippen MR) is 134 cm³/mol. The van der Waals surface area contributed by atoms with Crippen molar-refractivity contribution in [3.63, 3.8) is 0 Å². The summed E-state index contributed by atoms with van der Waals surface area (Å²) < 4.78 is 14.1. The second-order valence-electron chi connectivity index (χ2n) is 7.44. The van der Waals surface area contributed by atoms with Crippen LogP contribution >= 0.6 is 23.8 Å². The summed E-state index contributed by atoms with van der Waals surface area (Å²) in [6.45, 7) is 5.36. The lowest BCUT2D eigenvalue weighted by Gasteiger charge is -2.17. The van der Waals surface area contributed by atoms with Crippen LogP contribution in [0.3, 0.4) is 0 Å². The number of aromatic nitrogens is 3. The van der Waals surface area contributed by atoms with Gasteiger partial charge in [0.05, 0.1) is 18.2 Å². The summed E-state index contributed by atoms with van der Waals surface area (Å²) in [6.07, 6.45) is 0. The van der Waals surface area contributed by atoms with Gasteiger partial charge >= 0.3 is 0 Å². The molecule has 0 unspecified atom stereocenters. The highest BCUT2D eigenvalue weighted by Gasteiger charge is 2.15. The van der Waals surface area contributed by atoms with Crippen LogP contribution < -0.4 is 14.9 Å². The van der Waals surface area contributed by atoms with E-state index in [1.807, 2.05) is 67.6 Å². The van der Waals surface area contributed by atoms with Gasteiger partial charge in [0, 0.05) is 5.56 Å². The predicted octanol–water partition coefficient (Wildman–Crippen LogP) is 6.29. The molecule has 0 amide bonds. The molecular weight excluding hydrogens is 456 g/mol. The van der Waals surface area contributed by atoms with Crippen molar-refractivity contribution >= 4 is 23.8 Å². The molecule has 6 nitrogen and oxygen atoms in total. The molecule has 1 aromatic heterocycles. The second-order valence-corrected chi connectivity index (χ2v) is 8.24. The molecule has 0 atom stereocenters. The molecule has 0 aliphatic heterocycles. The molecule has 0 radical (unpaired) electrons. The third-order valence-corrected chi connectivity index (χ3v) is 5.70. The van der Waals surface area contributed by atoms with E-state index in [1.54, 1.807) is 4.68 Å². The van der Waals surface area contributed by atoms with Gasteiger partial charge in [0.25, 0.3) is 0 Å². The maximum Gasteiger partial charge on any atom is 0.214 e. The van der Waals surface area contributed by atoms with E-state index >= 15 is 0 Å². The summed E-state index contributed by atoms with van der Waals surface area (Å²) in [6, 6.07) is 21.7. The van der Waals surface area contributed by atoms with Gasteiger partial charge in [-0.25, -0.2) is 9.77 Å². The maximum absolute atomic E-state index is 6.62. The Balaban J connectivity index is 1.54. The van der Waals surface area contributed by atoms with E-state index in [0.717, 1.165) is 16.7 Å². The number of ether oxygens (including phenoxy) is 2. The molecule has 1 heterocycles. The first-order valence-electron chi connectivity index (χ1n) is 10.7. The summed E-state index contributed by atoms with van der Waals surface area (Å²) in [4.78, 5) is 0. The molecule has 0 bridgehead atoms. The Morgan fingerprint density at radius 2 is 1.82 bits per heavy atom. The fourth-order valence-corrected chi connectivity index (χ4v) is 3.93. The van der Waals surface area contributed by atoms with Crippen LogP contribution in [0.1, 0.15) is 23.6 Å². The highest BCUT2D eigenvalue weighted by molar-refractivity contribution is 7.71. The number of benzene rings is 3. The smallest absolute Gasteiger partial charge is 0.214 e. The topological polar surface area (TPSA) is 64.1 Å². The van der Waals surface area contributed by atoms with E-state index in [0.29, 0.717) is 46.9 Å². The van der Waals surface area contributed by atoms with Crippen molar-refractivity contribution < 1.29 is 9.47 Å². The van der Waals surface area contributed by atoms with Crippen LogP contribution in [-0.4, -0.2) is 21.5 Å². The molecule has 4 aromatic rings. The van der Waals surface area contributed by atoms with E-state index in [-0.39, 0.29) is 0 Å². The van der Waals surface area contributed by atoms with Gasteiger partial charge in [-0.1, -0.05) is 66.2 Å². The van der Waals surface area contributed by atoms with E-state index in [4.69, 9.17) is 33.3 Å². The first-order chi connectivity index (χ1) is 16.1. The first-order valence-corrected chi connectivity index (χ1v) is 11.4. The Kier molecular flexibility index (Phi) is 7.32. The van der Waals surface area contributed by atoms with Crippen LogP contribution in [0.4, 0.5) is 0 Å². The Morgan fingerprint density at radius 1 is 1.06 bits per heavy atom. The average molecular weight is 481 g/mol. The van der Waals surface area contributed by atoms with Gasteiger partial charge in [-0.2, -0.15) is 5.10 Å². The standard InChI is InChI=1S/C25H25ClN4O2S/c1-3-31-22-14-18(13-21(26)23(22)32-16-20-12-8-7-9-17(20)2)15-27-30-24(28-29-25(30)33)19-10-5-4-6-11-19/h4-14,27H,3,15-16H2,1-2H3,(H,29,33). The number of aromatic amines is 1. The zero-order valence-corrected chi connectivity index (χ0v) is 20.0. The molecule has 0 saturated carbocycles. The minimum atomic E-state index is 0.411. The SMILES string of the molecule is CCOc1cc(CNn2c(-c3ccccc3)n[nH]c2=S)cc(Cl)c1OCc1ccccc1C. The zero-order chi connectivity index (χ0) is 23.2. The van der Waals surface area contributed by atoms with Crippen LogP contribution in [0, 0.1) is 11.7 Å². The van der Waals surface area contributed by atoms with Gasteiger partial charge in [-0.15, -0.1) is 0 Å². The Labute approximate surface area is 203 Å². The van der Waals surface area contributed by atoms with Crippen molar-refractivity contribution in [2.75, 3.05) is 12.0 Å². The maximum atomic E-state index is 6.62. The number of halogens is 1. The lowest BCUT2D eigenvalue weighted by atomic mass is 10.1. The highest BCUT2D eigenvalue weighted by Crippen LogP contribution is 2.37. The van der Waals surface area contributed by atoms with Gasteiger partial charge in [0.1, 0.15) is 6.61 Å². The third-order valence-electron chi connectivity index (χ3n) is 5.15. The Hall–Kier alpha value is -3.29. The van der Waals surface area contributed by atoms with Crippen LogP contribution in [-0.2, 0) is 13.2 Å². The van der Waals surface area contributed by atoms with E-state index < -0.39 is 0 Å². The monoisotopic (exact) mass is 480 g/mol. The number of H-pyrrole nitrogens is 1. The highest BCUT2D eigenvalue weighted by atomic mass is 35.5. The zero-order valence-electron chi connectivity index (χ0n) is 18.5. The minimum absolute atomic E-state index is 0.411. The van der Waals surface area contributed by atoms with Crippen LogP contribution in [0.5, 0.6) is 11.5 Å². The Morgan fingerprint density at radius 3 is 2.58 bits per heavy atom. The molecule has 33 heavy (non-hydrogen) atoms. The summed E-state index contributed by atoms with van der Waals surface area (Å²) in [5.41, 5.74) is 7.46. The molecule has 4 rings (SSSR count). The summed E-state index contributed by atoms with van der Waals surface area (Å²) >= 11 is 12.0. The molecule has 170 valence electrons. The van der Waals surface area contributed by atoms with Crippen molar-refractivity contribution in [2.45, 2.75) is 27.0 Å². The van der Waals surface area contributed by atoms with Gasteiger partial charge in [0.15, 0.2) is 17.3 Å². The van der Waals surface area contributed by atoms with E-state index in [1.165, 1.54) is 5.56 Å². The van der Waals surface area contributed by atoms with Crippen molar-refractivity contribution in [1.29, 1.82) is 0 Å². The number of hydrogen-bond donors (Lipinski definition) is 2. The quantitative estimate of drug-likeness (QED) is 0.275. The summed E-state index contributed by atoms with van der Waals surface area (Å²) in [7, 11) is 0. The lowest BCUT2D eigenvalue weighted by molar-refractivity contribution is 0.269. The third kappa shape index (κ3) is 5.38. The van der Waals surface area contributed by atoms with Crippen molar-refractivity contribution in [1.82, 2.24) is 14.9 Å². The average Bonchev–Trinajstić information content (AvgIpc) is 3.19. The van der Waals surface area contributed by atoms with E-state index in [9.17, 15) is 0 Å². The summed E-state index contributed by atoms with van der Waals surface area (Å²) in [5, 5.41) is 7.68. The molecule has 3 aromatic carbocycles. The van der Waals surface area contributed by atoms with Crippen molar-refractivity contribution in [2.24, 2.45) is 0 Å². The minimum Gasteiger partial charge on any atom is -0.490 e. The first kappa shape index (κ1) is 22.9. The number of hydrogen-bond acceptors (Lipinski definition) is 5. The van der Waals surface area contributed by atoms with Crippen LogP contribution in [0.2, 0.25) is 5.02 Å². The molecular formula is C25H25ClN4O2S. The number of rotatable bonds is 9. The number of nitrogens with zero attached hydrogens (tertiary/aromatic N) is 2.